The van der Waals surface area contributed by atoms with E-state index in [0.29, 0.717) is 11.3 Å². The van der Waals surface area contributed by atoms with Gasteiger partial charge in [-0.05, 0) is 113 Å². The zero-order valence-corrected chi connectivity index (χ0v) is 23.9. The summed E-state index contributed by atoms with van der Waals surface area (Å²) >= 11 is 0. The van der Waals surface area contributed by atoms with Gasteiger partial charge >= 0.3 is 5.97 Å². The van der Waals surface area contributed by atoms with Crippen LogP contribution in [-0.4, -0.2) is 25.0 Å². The molecule has 0 aromatic carbocycles. The number of nitrogens with two attached hydrogens (primary N) is 1. The Morgan fingerprint density at radius 3 is 2.53 bits per heavy atom. The number of nitrogens with zero attached hydrogens (tertiary/aromatic N) is 1. The Hall–Kier alpha value is -1.78. The Kier molecular flexibility index (Phi) is 7.70. The van der Waals surface area contributed by atoms with Gasteiger partial charge in [-0.3, -0.25) is 0 Å². The van der Waals surface area contributed by atoms with Crippen LogP contribution in [0, 0.1) is 34.0 Å². The highest BCUT2D eigenvalue weighted by molar-refractivity contribution is 6.34. The number of unbranched alkanes of at least 4 members (excludes halogenated alkanes) is 1. The zero-order chi connectivity index (χ0) is 26.3. The summed E-state index contributed by atoms with van der Waals surface area (Å²) in [4.78, 5) is 17.2. The molecule has 0 spiro atoms. The predicted molar refractivity (Wildman–Crippen MR) is 146 cm³/mol. The van der Waals surface area contributed by atoms with Crippen molar-refractivity contribution in [3.05, 3.63) is 22.8 Å². The smallest absolute Gasteiger partial charge is 0.377 e. The molecule has 5 heteroatoms. The average molecular weight is 499 g/mol. The van der Waals surface area contributed by atoms with E-state index in [-0.39, 0.29) is 22.8 Å². The number of oxime groups is 1. The highest BCUT2D eigenvalue weighted by Gasteiger charge is 2.59. The minimum atomic E-state index is -0.565. The lowest BCUT2D eigenvalue weighted by Gasteiger charge is -2.60. The first-order valence-corrected chi connectivity index (χ1v) is 14.4. The van der Waals surface area contributed by atoms with Gasteiger partial charge in [-0.2, -0.15) is 0 Å². The van der Waals surface area contributed by atoms with Crippen LogP contribution in [0.1, 0.15) is 112 Å². The molecule has 0 amide bonds. The molecular weight excluding hydrogens is 448 g/mol. The standard InChI is InChI=1S/C31H50N2O3/c1-20(2)10-8-9-11-21-12-14-23-22-13-15-25-29(3,4)26(36-28(34)27(32)33-35-7)17-19-31(25,6)24(22)16-18-30(21,23)5/h10,21,23,25-26H,8-9,11-19H2,1-7H3,(H2,32,33). The number of fused-ring (bicyclic) bond motifs is 4. The fourth-order valence-corrected chi connectivity index (χ4v) is 9.14. The Morgan fingerprint density at radius 1 is 1.08 bits per heavy atom. The third-order valence-electron chi connectivity index (χ3n) is 11.0. The van der Waals surface area contributed by atoms with Gasteiger partial charge in [0.15, 0.2) is 0 Å². The minimum Gasteiger partial charge on any atom is -0.456 e. The first-order chi connectivity index (χ1) is 16.9. The van der Waals surface area contributed by atoms with Crippen molar-refractivity contribution in [3.63, 3.8) is 0 Å². The number of hydrogen-bond donors (Lipinski definition) is 1. The van der Waals surface area contributed by atoms with Gasteiger partial charge in [-0.25, -0.2) is 4.79 Å². The van der Waals surface area contributed by atoms with E-state index in [9.17, 15) is 4.79 Å². The zero-order valence-electron chi connectivity index (χ0n) is 23.9. The SMILES string of the molecule is CON=C(N)C(=O)OC1CCC2(C)C3=C(CCC2C1(C)C)C1CCC(CCCC=C(C)C)C1(C)CC3. The van der Waals surface area contributed by atoms with Crippen molar-refractivity contribution in [2.45, 2.75) is 118 Å². The van der Waals surface area contributed by atoms with E-state index in [0.717, 1.165) is 24.7 Å². The second kappa shape index (κ2) is 10.2. The van der Waals surface area contributed by atoms with Crippen molar-refractivity contribution in [1.29, 1.82) is 0 Å². The molecule has 0 radical (unpaired) electrons. The fraction of sp³-hybridized carbons (Fsp3) is 0.806. The van der Waals surface area contributed by atoms with Gasteiger partial charge in [-0.1, -0.05) is 55.6 Å². The summed E-state index contributed by atoms with van der Waals surface area (Å²) in [5.41, 5.74) is 11.4. The molecule has 2 fully saturated rings. The largest absolute Gasteiger partial charge is 0.456 e. The summed E-state index contributed by atoms with van der Waals surface area (Å²) in [5, 5.41) is 3.57. The highest BCUT2D eigenvalue weighted by atomic mass is 16.6. The fourth-order valence-electron chi connectivity index (χ4n) is 9.14. The lowest BCUT2D eigenvalue weighted by atomic mass is 9.46. The van der Waals surface area contributed by atoms with E-state index in [1.165, 1.54) is 70.5 Å². The van der Waals surface area contributed by atoms with Crippen molar-refractivity contribution in [3.8, 4) is 0 Å². The molecule has 6 atom stereocenters. The molecule has 0 bridgehead atoms. The van der Waals surface area contributed by atoms with Crippen LogP contribution in [0.5, 0.6) is 0 Å². The van der Waals surface area contributed by atoms with Gasteiger partial charge in [0.25, 0.3) is 0 Å². The molecule has 0 aromatic rings. The maximum absolute atomic E-state index is 12.5. The van der Waals surface area contributed by atoms with E-state index in [1.807, 2.05) is 5.57 Å². The maximum Gasteiger partial charge on any atom is 0.377 e. The van der Waals surface area contributed by atoms with Crippen molar-refractivity contribution < 1.29 is 14.4 Å². The number of carbonyl (C=O) groups is 1. The summed E-state index contributed by atoms with van der Waals surface area (Å²) in [7, 11) is 1.38. The van der Waals surface area contributed by atoms with Crippen LogP contribution >= 0.6 is 0 Å². The summed E-state index contributed by atoms with van der Waals surface area (Å²) in [6, 6.07) is 0. The van der Waals surface area contributed by atoms with E-state index >= 15 is 0 Å². The van der Waals surface area contributed by atoms with Gasteiger partial charge < -0.3 is 15.3 Å². The lowest BCUT2D eigenvalue weighted by molar-refractivity contribution is -0.161. The molecule has 4 aliphatic rings. The molecule has 202 valence electrons. The molecule has 2 saturated carbocycles. The third-order valence-corrected chi connectivity index (χ3v) is 11.0. The quantitative estimate of drug-likeness (QED) is 0.104. The van der Waals surface area contributed by atoms with Crippen molar-refractivity contribution in [1.82, 2.24) is 0 Å². The first kappa shape index (κ1) is 27.3. The van der Waals surface area contributed by atoms with E-state index in [4.69, 9.17) is 10.5 Å². The minimum absolute atomic E-state index is 0.113. The van der Waals surface area contributed by atoms with Crippen LogP contribution in [0.2, 0.25) is 0 Å². The molecule has 0 aromatic heterocycles. The number of carbonyl (C=O) groups excluding carboxylic acids is 1. The number of hydrogen-bond acceptors (Lipinski definition) is 4. The average Bonchev–Trinajstić information content (AvgIpc) is 3.15. The lowest BCUT2D eigenvalue weighted by Crippen LogP contribution is -2.55. The molecular formula is C31H50N2O3. The summed E-state index contributed by atoms with van der Waals surface area (Å²) < 4.78 is 5.92. The number of rotatable bonds is 6. The van der Waals surface area contributed by atoms with Gasteiger partial charge in [0.05, 0.1) is 0 Å². The Balaban J connectivity index is 1.52. The van der Waals surface area contributed by atoms with Gasteiger partial charge in [-0.15, -0.1) is 0 Å². The van der Waals surface area contributed by atoms with Gasteiger partial charge in [0, 0.05) is 5.41 Å². The molecule has 36 heavy (non-hydrogen) atoms. The number of esters is 1. The summed E-state index contributed by atoms with van der Waals surface area (Å²) in [6.07, 6.45) is 16.0. The van der Waals surface area contributed by atoms with Crippen molar-refractivity contribution in [2.75, 3.05) is 7.11 Å². The number of ether oxygens (including phenoxy) is 1. The molecule has 2 N–H and O–H groups in total. The highest BCUT2D eigenvalue weighted by Crippen LogP contribution is 2.67. The van der Waals surface area contributed by atoms with Crippen molar-refractivity contribution >= 4 is 11.8 Å². The Labute approximate surface area is 219 Å². The second-order valence-corrected chi connectivity index (χ2v) is 13.5. The molecule has 5 nitrogen and oxygen atoms in total. The molecule has 0 heterocycles. The van der Waals surface area contributed by atoms with Crippen LogP contribution < -0.4 is 5.73 Å². The van der Waals surface area contributed by atoms with Crippen molar-refractivity contribution in [2.24, 2.45) is 44.9 Å². The monoisotopic (exact) mass is 498 g/mol. The molecule has 0 saturated heterocycles. The molecule has 0 aliphatic heterocycles. The summed E-state index contributed by atoms with van der Waals surface area (Å²) in [5.74, 6) is 1.37. The molecule has 6 unspecified atom stereocenters. The Morgan fingerprint density at radius 2 is 1.83 bits per heavy atom. The third kappa shape index (κ3) is 4.65. The van der Waals surface area contributed by atoms with Crippen LogP contribution in [0.3, 0.4) is 0 Å². The second-order valence-electron chi connectivity index (χ2n) is 13.5. The van der Waals surface area contributed by atoms with Crippen LogP contribution in [0.4, 0.5) is 0 Å². The first-order valence-electron chi connectivity index (χ1n) is 14.4. The van der Waals surface area contributed by atoms with Crippen LogP contribution in [-0.2, 0) is 14.4 Å². The Bertz CT molecular complexity index is 943. The van der Waals surface area contributed by atoms with E-state index in [1.54, 1.807) is 5.57 Å². The van der Waals surface area contributed by atoms with Crippen LogP contribution in [0.25, 0.3) is 0 Å². The molecule has 4 rings (SSSR count). The van der Waals surface area contributed by atoms with E-state index in [2.05, 4.69) is 57.6 Å². The number of allylic oxidation sites excluding steroid dienone is 4. The summed E-state index contributed by atoms with van der Waals surface area (Å²) in [6.45, 7) is 14.2. The molecule has 4 aliphatic carbocycles. The number of amidine groups is 1. The van der Waals surface area contributed by atoms with Gasteiger partial charge in [0.2, 0.25) is 5.84 Å². The van der Waals surface area contributed by atoms with Gasteiger partial charge in [0.1, 0.15) is 13.2 Å². The maximum atomic E-state index is 12.5. The topological polar surface area (TPSA) is 73.9 Å². The predicted octanol–water partition coefficient (Wildman–Crippen LogP) is 7.31. The van der Waals surface area contributed by atoms with E-state index < -0.39 is 5.97 Å². The normalized spacial score (nSPS) is 37.5. The van der Waals surface area contributed by atoms with Crippen LogP contribution in [0.15, 0.2) is 28.0 Å².